The molecule has 4 heterocycles. The van der Waals surface area contributed by atoms with Crippen LogP contribution < -0.4 is 9.64 Å². The summed E-state index contributed by atoms with van der Waals surface area (Å²) in [6, 6.07) is 1.97. The van der Waals surface area contributed by atoms with E-state index < -0.39 is 11.9 Å². The zero-order valence-electron chi connectivity index (χ0n) is 21.0. The molecule has 3 fully saturated rings. The van der Waals surface area contributed by atoms with Crippen LogP contribution in [-0.2, 0) is 0 Å². The van der Waals surface area contributed by atoms with Crippen LogP contribution in [0.3, 0.4) is 0 Å². The first-order chi connectivity index (χ1) is 16.9. The highest BCUT2D eigenvalue weighted by molar-refractivity contribution is 9.10. The van der Waals surface area contributed by atoms with Crippen LogP contribution in [0.5, 0.6) is 6.01 Å². The summed E-state index contributed by atoms with van der Waals surface area (Å²) >= 11 is 9.57. The van der Waals surface area contributed by atoms with E-state index in [4.69, 9.17) is 21.3 Å². The lowest BCUT2D eigenvalue weighted by molar-refractivity contribution is -0.0946. The number of hydrogen-bond donors (Lipinski definition) is 1. The number of amides is 1. The number of fused-ring (bicyclic) bond motifs is 1. The fourth-order valence-electron chi connectivity index (χ4n) is 6.53. The summed E-state index contributed by atoms with van der Waals surface area (Å²) in [5.41, 5.74) is -0.262. The maximum atomic E-state index is 15.3. The molecule has 0 bridgehead atoms. The van der Waals surface area contributed by atoms with Gasteiger partial charge in [0.1, 0.15) is 17.9 Å². The minimum absolute atomic E-state index is 0.122. The first-order valence-corrected chi connectivity index (χ1v) is 13.5. The molecule has 0 radical (unpaired) electrons. The summed E-state index contributed by atoms with van der Waals surface area (Å²) in [5.74, 6) is 0.0209. The van der Waals surface area contributed by atoms with Gasteiger partial charge >= 0.3 is 12.1 Å². The van der Waals surface area contributed by atoms with Crippen LogP contribution >= 0.6 is 27.5 Å². The van der Waals surface area contributed by atoms with Crippen LogP contribution in [0.4, 0.5) is 15.0 Å². The molecular weight excluding hydrogens is 553 g/mol. The third kappa shape index (κ3) is 4.28. The van der Waals surface area contributed by atoms with Gasteiger partial charge in [0.05, 0.1) is 9.50 Å². The summed E-state index contributed by atoms with van der Waals surface area (Å²) in [7, 11) is 2.07. The topological polar surface area (TPSA) is 82.0 Å². The van der Waals surface area contributed by atoms with Gasteiger partial charge in [-0.25, -0.2) is 9.18 Å². The van der Waals surface area contributed by atoms with E-state index in [2.05, 4.69) is 58.5 Å². The molecule has 5 rings (SSSR count). The van der Waals surface area contributed by atoms with Crippen LogP contribution in [0, 0.1) is 16.6 Å². The standard InChI is InChI=1S/C25H32BrClFN5O3/c1-24(2,3)21-25(13-33(21)23(34)35)7-9-32(12-25)20-15-10-16(27)17(26)18(28)19(15)29-22(30-20)36-11-14-6-5-8-31(14)4/h10,14,21H,5-9,11-13H2,1-4H3,(H,34,35)/t14?,21-,25?/m0/s1. The van der Waals surface area contributed by atoms with Gasteiger partial charge in [-0.3, -0.25) is 0 Å². The molecule has 3 atom stereocenters. The monoisotopic (exact) mass is 583 g/mol. The van der Waals surface area contributed by atoms with E-state index in [0.29, 0.717) is 37.4 Å². The second-order valence-corrected chi connectivity index (χ2v) is 12.7. The highest BCUT2D eigenvalue weighted by Crippen LogP contribution is 2.53. The fourth-order valence-corrected chi connectivity index (χ4v) is 7.03. The van der Waals surface area contributed by atoms with Gasteiger partial charge in [0.2, 0.25) is 0 Å². The van der Waals surface area contributed by atoms with Gasteiger partial charge in [0, 0.05) is 42.5 Å². The van der Waals surface area contributed by atoms with Crippen LogP contribution in [0.1, 0.15) is 40.0 Å². The predicted molar refractivity (Wildman–Crippen MR) is 141 cm³/mol. The number of carbonyl (C=O) groups is 1. The van der Waals surface area contributed by atoms with E-state index in [1.54, 1.807) is 11.0 Å². The molecule has 3 aliphatic heterocycles. The number of likely N-dealkylation sites (N-methyl/N-ethyl adjacent to an activating group) is 1. The van der Waals surface area contributed by atoms with Crippen molar-refractivity contribution in [2.24, 2.45) is 10.8 Å². The Kier molecular flexibility index (Phi) is 6.53. The van der Waals surface area contributed by atoms with Crippen molar-refractivity contribution in [1.82, 2.24) is 19.8 Å². The average Bonchev–Trinajstić information content (AvgIpc) is 3.41. The average molecular weight is 585 g/mol. The zero-order chi connectivity index (χ0) is 26.0. The number of anilines is 1. The maximum Gasteiger partial charge on any atom is 0.407 e. The Labute approximate surface area is 223 Å². The summed E-state index contributed by atoms with van der Waals surface area (Å²) in [5, 5.41) is 10.5. The molecule has 1 spiro atoms. The molecule has 8 nitrogen and oxygen atoms in total. The molecule has 1 aromatic heterocycles. The van der Waals surface area contributed by atoms with E-state index >= 15 is 4.39 Å². The number of aromatic nitrogens is 2. The normalized spacial score (nSPS) is 26.8. The molecule has 1 aromatic carbocycles. The molecule has 3 saturated heterocycles. The largest absolute Gasteiger partial charge is 0.465 e. The van der Waals surface area contributed by atoms with Crippen LogP contribution in [-0.4, -0.2) is 82.9 Å². The molecule has 1 N–H and O–H groups in total. The van der Waals surface area contributed by atoms with Gasteiger partial charge < -0.3 is 24.5 Å². The van der Waals surface area contributed by atoms with E-state index in [1.165, 1.54) is 0 Å². The quantitative estimate of drug-likeness (QED) is 0.491. The lowest BCUT2D eigenvalue weighted by Crippen LogP contribution is -2.71. The number of ether oxygens (including phenoxy) is 1. The molecule has 2 aromatic rings. The first kappa shape index (κ1) is 25.7. The van der Waals surface area contributed by atoms with Crippen LogP contribution in [0.15, 0.2) is 10.5 Å². The summed E-state index contributed by atoms with van der Waals surface area (Å²) in [6.45, 7) is 9.46. The Balaban J connectivity index is 1.50. The number of benzene rings is 1. The van der Waals surface area contributed by atoms with E-state index in [1.807, 2.05) is 0 Å². The van der Waals surface area contributed by atoms with E-state index in [0.717, 1.165) is 25.8 Å². The second-order valence-electron chi connectivity index (χ2n) is 11.5. The third-order valence-electron chi connectivity index (χ3n) is 7.99. The van der Waals surface area contributed by atoms with Crippen molar-refractivity contribution in [3.8, 4) is 6.01 Å². The van der Waals surface area contributed by atoms with Crippen LogP contribution in [0.2, 0.25) is 5.02 Å². The third-order valence-corrected chi connectivity index (χ3v) is 9.29. The molecule has 2 unspecified atom stereocenters. The Morgan fingerprint density at radius 3 is 2.72 bits per heavy atom. The smallest absolute Gasteiger partial charge is 0.407 e. The van der Waals surface area contributed by atoms with Gasteiger partial charge in [-0.15, -0.1) is 0 Å². The van der Waals surface area contributed by atoms with Gasteiger partial charge in [-0.2, -0.15) is 9.97 Å². The molecule has 3 aliphatic rings. The molecular formula is C25H32BrClFN5O3. The minimum Gasteiger partial charge on any atom is -0.465 e. The SMILES string of the molecule is CN1CCCC1COc1nc(N2CCC3(C2)CN(C(=O)O)[C@H]3C(C)(C)C)c2cc(Cl)c(Br)c(F)c2n1. The number of nitrogens with zero attached hydrogens (tertiary/aromatic N) is 5. The number of rotatable bonds is 4. The number of likely N-dealkylation sites (tertiary alicyclic amines) is 2. The Hall–Kier alpha value is -1.91. The highest BCUT2D eigenvalue weighted by Gasteiger charge is 2.61. The van der Waals surface area contributed by atoms with Crippen molar-refractivity contribution in [2.75, 3.05) is 44.7 Å². The molecule has 196 valence electrons. The summed E-state index contributed by atoms with van der Waals surface area (Å²) in [6.07, 6.45) is 2.08. The van der Waals surface area contributed by atoms with Crippen LogP contribution in [0.25, 0.3) is 10.9 Å². The van der Waals surface area contributed by atoms with Gasteiger partial charge in [-0.1, -0.05) is 32.4 Å². The minimum atomic E-state index is -0.891. The number of hydrogen-bond acceptors (Lipinski definition) is 6. The van der Waals surface area contributed by atoms with Crippen molar-refractivity contribution in [1.29, 1.82) is 0 Å². The predicted octanol–water partition coefficient (Wildman–Crippen LogP) is 5.26. The Morgan fingerprint density at radius 2 is 2.08 bits per heavy atom. The molecule has 0 saturated carbocycles. The van der Waals surface area contributed by atoms with E-state index in [-0.39, 0.29) is 43.9 Å². The van der Waals surface area contributed by atoms with Gasteiger partial charge in [0.25, 0.3) is 0 Å². The summed E-state index contributed by atoms with van der Waals surface area (Å²) in [4.78, 5) is 27.0. The second kappa shape index (κ2) is 9.13. The number of halogens is 3. The molecule has 1 amide bonds. The lowest BCUT2D eigenvalue weighted by atomic mass is 9.61. The Bertz CT molecular complexity index is 1210. The van der Waals surface area contributed by atoms with Crippen molar-refractivity contribution in [3.05, 3.63) is 21.4 Å². The fraction of sp³-hybridized carbons (Fsp3) is 0.640. The molecule has 0 aliphatic carbocycles. The van der Waals surface area contributed by atoms with Crippen molar-refractivity contribution < 1.29 is 19.0 Å². The summed E-state index contributed by atoms with van der Waals surface area (Å²) < 4.78 is 21.5. The van der Waals surface area contributed by atoms with Crippen molar-refractivity contribution >= 4 is 50.3 Å². The highest BCUT2D eigenvalue weighted by atomic mass is 79.9. The van der Waals surface area contributed by atoms with Gasteiger partial charge in [-0.05, 0) is 60.3 Å². The lowest BCUT2D eigenvalue weighted by Gasteiger charge is -2.59. The zero-order valence-corrected chi connectivity index (χ0v) is 23.4. The Morgan fingerprint density at radius 1 is 1.33 bits per heavy atom. The van der Waals surface area contributed by atoms with Crippen molar-refractivity contribution in [2.45, 2.75) is 52.1 Å². The van der Waals surface area contributed by atoms with Gasteiger partial charge in [0.15, 0.2) is 5.82 Å². The maximum absolute atomic E-state index is 15.3. The first-order valence-electron chi connectivity index (χ1n) is 12.3. The molecule has 11 heteroatoms. The number of carboxylic acid groups (broad SMARTS) is 1. The van der Waals surface area contributed by atoms with Crippen molar-refractivity contribution in [3.63, 3.8) is 0 Å². The molecule has 36 heavy (non-hydrogen) atoms. The van der Waals surface area contributed by atoms with E-state index in [9.17, 15) is 9.90 Å².